The number of aliphatic hydroxyl groups is 1. The average molecular weight is 465 g/mol. The van der Waals surface area contributed by atoms with E-state index in [9.17, 15) is 5.11 Å². The van der Waals surface area contributed by atoms with Crippen LogP contribution in [0.2, 0.25) is 0 Å². The summed E-state index contributed by atoms with van der Waals surface area (Å²) in [6.07, 6.45) is 5.22. The van der Waals surface area contributed by atoms with Gasteiger partial charge in [-0.25, -0.2) is 4.98 Å². The topological polar surface area (TPSA) is 63.4 Å². The van der Waals surface area contributed by atoms with Gasteiger partial charge in [-0.1, -0.05) is 30.3 Å². The van der Waals surface area contributed by atoms with Crippen LogP contribution in [-0.2, 0) is 6.61 Å². The number of imidazole rings is 1. The summed E-state index contributed by atoms with van der Waals surface area (Å²) in [6.45, 7) is 4.08. The minimum Gasteiger partial charge on any atom is -0.489 e. The number of hydrogen-bond acceptors (Lipinski definition) is 5. The summed E-state index contributed by atoms with van der Waals surface area (Å²) < 4.78 is 8.12. The molecule has 0 unspecified atom stereocenters. The molecule has 0 amide bonds. The Hall–Kier alpha value is -3.90. The molecule has 1 saturated heterocycles. The average Bonchev–Trinajstić information content (AvgIpc) is 3.31. The molecule has 3 aromatic carbocycles. The van der Waals surface area contributed by atoms with Gasteiger partial charge in [0.15, 0.2) is 0 Å². The van der Waals surface area contributed by atoms with Crippen molar-refractivity contribution in [1.29, 1.82) is 0 Å². The third kappa shape index (κ3) is 4.21. The molecule has 0 saturated carbocycles. The van der Waals surface area contributed by atoms with E-state index >= 15 is 0 Å². The predicted molar refractivity (Wildman–Crippen MR) is 139 cm³/mol. The number of ether oxygens (including phenoxy) is 1. The fraction of sp³-hybridized carbons (Fsp3) is 0.241. The van der Waals surface area contributed by atoms with E-state index in [0.717, 1.165) is 70.6 Å². The number of aromatic nitrogens is 3. The third-order valence-corrected chi connectivity index (χ3v) is 6.93. The maximum Gasteiger partial charge on any atom is 0.122 e. The Bertz CT molecular complexity index is 1480. The van der Waals surface area contributed by atoms with Crippen LogP contribution in [0.3, 0.4) is 0 Å². The minimum absolute atomic E-state index is 0.525. The van der Waals surface area contributed by atoms with Gasteiger partial charge in [0.25, 0.3) is 0 Å². The van der Waals surface area contributed by atoms with Crippen LogP contribution in [-0.4, -0.2) is 38.3 Å². The summed E-state index contributed by atoms with van der Waals surface area (Å²) in [5.74, 6) is 0.800. The molecule has 0 spiro atoms. The van der Waals surface area contributed by atoms with Crippen LogP contribution in [0.15, 0.2) is 85.3 Å². The standard InChI is InChI=1S/C29H28N4O2/c1-29(34)13-16-32(17-14-29)27-12-11-25(23-8-5-15-30-28(23)27)33-20-31-24-18-22(9-10-26(24)33)35-19-21-6-3-2-4-7-21/h2-12,15,18,20,34H,13-14,16-17,19H2,1H3. The zero-order chi connectivity index (χ0) is 23.8. The molecule has 6 heteroatoms. The van der Waals surface area contributed by atoms with Crippen LogP contribution in [0.25, 0.3) is 27.6 Å². The molecule has 0 radical (unpaired) electrons. The Kier molecular flexibility index (Phi) is 5.38. The lowest BCUT2D eigenvalue weighted by molar-refractivity contribution is 0.0352. The Morgan fingerprint density at radius 3 is 2.54 bits per heavy atom. The molecule has 0 atom stereocenters. The second-order valence-corrected chi connectivity index (χ2v) is 9.53. The summed E-state index contributed by atoms with van der Waals surface area (Å²) in [5.41, 5.74) is 5.57. The highest BCUT2D eigenvalue weighted by Gasteiger charge is 2.28. The van der Waals surface area contributed by atoms with E-state index in [1.54, 1.807) is 0 Å². The lowest BCUT2D eigenvalue weighted by atomic mass is 9.93. The number of hydrogen-bond donors (Lipinski definition) is 1. The number of piperidine rings is 1. The monoisotopic (exact) mass is 464 g/mol. The second kappa shape index (κ2) is 8.71. The molecule has 5 aromatic rings. The second-order valence-electron chi connectivity index (χ2n) is 9.53. The number of nitrogens with zero attached hydrogens (tertiary/aromatic N) is 4. The van der Waals surface area contributed by atoms with E-state index in [1.165, 1.54) is 0 Å². The van der Waals surface area contributed by atoms with Gasteiger partial charge in [0.1, 0.15) is 18.7 Å². The van der Waals surface area contributed by atoms with E-state index in [4.69, 9.17) is 9.72 Å². The fourth-order valence-corrected chi connectivity index (χ4v) is 4.85. The van der Waals surface area contributed by atoms with Gasteiger partial charge in [-0.15, -0.1) is 0 Å². The first-order valence-corrected chi connectivity index (χ1v) is 12.1. The molecular weight excluding hydrogens is 436 g/mol. The van der Waals surface area contributed by atoms with E-state index in [2.05, 4.69) is 50.8 Å². The van der Waals surface area contributed by atoms with Crippen LogP contribution < -0.4 is 9.64 Å². The van der Waals surface area contributed by atoms with Crippen molar-refractivity contribution in [2.45, 2.75) is 32.0 Å². The van der Waals surface area contributed by atoms with Crippen LogP contribution in [0.4, 0.5) is 5.69 Å². The van der Waals surface area contributed by atoms with Crippen molar-refractivity contribution in [3.8, 4) is 11.4 Å². The molecular formula is C29H28N4O2. The lowest BCUT2D eigenvalue weighted by Crippen LogP contribution is -2.42. The molecule has 176 valence electrons. The maximum absolute atomic E-state index is 10.4. The number of pyridine rings is 1. The molecule has 6 rings (SSSR count). The smallest absolute Gasteiger partial charge is 0.122 e. The number of anilines is 1. The van der Waals surface area contributed by atoms with E-state index in [1.807, 2.05) is 55.8 Å². The van der Waals surface area contributed by atoms with Crippen molar-refractivity contribution in [3.63, 3.8) is 0 Å². The van der Waals surface area contributed by atoms with Crippen molar-refractivity contribution in [3.05, 3.63) is 90.9 Å². The van der Waals surface area contributed by atoms with Crippen LogP contribution in [0.5, 0.6) is 5.75 Å². The zero-order valence-electron chi connectivity index (χ0n) is 19.8. The number of fused-ring (bicyclic) bond motifs is 2. The van der Waals surface area contributed by atoms with E-state index in [-0.39, 0.29) is 0 Å². The molecule has 0 bridgehead atoms. The first kappa shape index (κ1) is 21.6. The molecule has 3 heterocycles. The van der Waals surface area contributed by atoms with E-state index < -0.39 is 5.60 Å². The van der Waals surface area contributed by atoms with Crippen LogP contribution in [0.1, 0.15) is 25.3 Å². The molecule has 1 aliphatic rings. The SMILES string of the molecule is CC1(O)CCN(c2ccc(-n3cnc4cc(OCc5ccccc5)ccc43)c3cccnc23)CC1. The van der Waals surface area contributed by atoms with Gasteiger partial charge in [-0.05, 0) is 61.7 Å². The molecule has 0 aliphatic carbocycles. The first-order valence-electron chi connectivity index (χ1n) is 12.1. The lowest BCUT2D eigenvalue weighted by Gasteiger charge is -2.37. The van der Waals surface area contributed by atoms with Gasteiger partial charge in [0, 0.05) is 30.7 Å². The highest BCUT2D eigenvalue weighted by molar-refractivity contribution is 5.98. The van der Waals surface area contributed by atoms with Crippen molar-refractivity contribution in [2.24, 2.45) is 0 Å². The quantitative estimate of drug-likeness (QED) is 0.372. The Labute approximate surface area is 204 Å². The van der Waals surface area contributed by atoms with Crippen LogP contribution >= 0.6 is 0 Å². The number of benzene rings is 3. The summed E-state index contributed by atoms with van der Waals surface area (Å²) in [4.78, 5) is 11.8. The minimum atomic E-state index is -0.584. The van der Waals surface area contributed by atoms with Gasteiger partial charge in [0.05, 0.1) is 33.5 Å². The molecule has 35 heavy (non-hydrogen) atoms. The fourth-order valence-electron chi connectivity index (χ4n) is 4.85. The Balaban J connectivity index is 1.33. The van der Waals surface area contributed by atoms with Gasteiger partial charge in [-0.2, -0.15) is 0 Å². The largest absolute Gasteiger partial charge is 0.489 e. The van der Waals surface area contributed by atoms with Crippen LogP contribution in [0, 0.1) is 0 Å². The van der Waals surface area contributed by atoms with Crippen molar-refractivity contribution >= 4 is 27.6 Å². The maximum atomic E-state index is 10.4. The van der Waals surface area contributed by atoms with Gasteiger partial charge in [0.2, 0.25) is 0 Å². The van der Waals surface area contributed by atoms with Gasteiger partial charge >= 0.3 is 0 Å². The first-order chi connectivity index (χ1) is 17.1. The summed E-state index contributed by atoms with van der Waals surface area (Å²) in [6, 6.07) is 24.6. The van der Waals surface area contributed by atoms with E-state index in [0.29, 0.717) is 6.61 Å². The zero-order valence-corrected chi connectivity index (χ0v) is 19.8. The summed E-state index contributed by atoms with van der Waals surface area (Å²) >= 11 is 0. The highest BCUT2D eigenvalue weighted by Crippen LogP contribution is 2.34. The Morgan fingerprint density at radius 2 is 1.71 bits per heavy atom. The molecule has 1 fully saturated rings. The van der Waals surface area contributed by atoms with Crippen molar-refractivity contribution in [1.82, 2.24) is 14.5 Å². The third-order valence-electron chi connectivity index (χ3n) is 6.93. The predicted octanol–water partition coefficient (Wildman–Crippen LogP) is 5.50. The van der Waals surface area contributed by atoms with Crippen molar-refractivity contribution in [2.75, 3.05) is 18.0 Å². The molecule has 2 aromatic heterocycles. The van der Waals surface area contributed by atoms with Crippen molar-refractivity contribution < 1.29 is 9.84 Å². The molecule has 1 N–H and O–H groups in total. The number of rotatable bonds is 5. The molecule has 6 nitrogen and oxygen atoms in total. The normalized spacial score (nSPS) is 15.5. The summed E-state index contributed by atoms with van der Waals surface area (Å²) in [7, 11) is 0. The highest BCUT2D eigenvalue weighted by atomic mass is 16.5. The summed E-state index contributed by atoms with van der Waals surface area (Å²) in [5, 5.41) is 11.4. The van der Waals surface area contributed by atoms with Gasteiger partial charge < -0.3 is 14.7 Å². The Morgan fingerprint density at radius 1 is 0.914 bits per heavy atom. The molecule has 1 aliphatic heterocycles. The van der Waals surface area contributed by atoms with Gasteiger partial charge in [-0.3, -0.25) is 9.55 Å².